The van der Waals surface area contributed by atoms with Crippen LogP contribution in [0.3, 0.4) is 0 Å². The van der Waals surface area contributed by atoms with Gasteiger partial charge in [0.2, 0.25) is 0 Å². The molecule has 0 saturated heterocycles. The molecule has 0 amide bonds. The molecule has 0 spiro atoms. The number of allylic oxidation sites excluding steroid dienone is 2. The second kappa shape index (κ2) is 7.20. The van der Waals surface area contributed by atoms with E-state index >= 15 is 0 Å². The first-order chi connectivity index (χ1) is 9.85. The summed E-state index contributed by atoms with van der Waals surface area (Å²) in [6, 6.07) is -2.41. The second-order valence-corrected chi connectivity index (χ2v) is 4.18. The van der Waals surface area contributed by atoms with Gasteiger partial charge < -0.3 is 25.7 Å². The highest BCUT2D eigenvalue weighted by Gasteiger charge is 2.26. The summed E-state index contributed by atoms with van der Waals surface area (Å²) in [6.07, 6.45) is 3.67. The van der Waals surface area contributed by atoms with Crippen LogP contribution in [0.4, 0.5) is 0 Å². The van der Waals surface area contributed by atoms with Crippen LogP contribution in [-0.2, 0) is 14.4 Å². The minimum atomic E-state index is -1.32. The minimum absolute atomic E-state index is 0.0228. The highest BCUT2D eigenvalue weighted by Crippen LogP contribution is 2.16. The maximum atomic E-state index is 10.9. The van der Waals surface area contributed by atoms with Gasteiger partial charge in [0.25, 0.3) is 0 Å². The van der Waals surface area contributed by atoms with Gasteiger partial charge in [-0.2, -0.15) is 0 Å². The van der Waals surface area contributed by atoms with E-state index in [0.717, 1.165) is 6.21 Å². The molecule has 5 N–H and O–H groups in total. The Morgan fingerprint density at radius 2 is 2.05 bits per heavy atom. The summed E-state index contributed by atoms with van der Waals surface area (Å²) in [4.78, 5) is 36.0. The van der Waals surface area contributed by atoms with Crippen molar-refractivity contribution in [3.8, 4) is 0 Å². The molecule has 114 valence electrons. The molecular formula is C12H14N2O7. The molecule has 0 fully saturated rings. The van der Waals surface area contributed by atoms with Crippen molar-refractivity contribution in [2.75, 3.05) is 6.61 Å². The molecule has 0 bridgehead atoms. The van der Waals surface area contributed by atoms with E-state index in [1.807, 2.05) is 0 Å². The van der Waals surface area contributed by atoms with Gasteiger partial charge in [-0.05, 0) is 17.7 Å². The first kappa shape index (κ1) is 16.4. The molecule has 9 nitrogen and oxygen atoms in total. The Labute approximate surface area is 118 Å². The fourth-order valence-corrected chi connectivity index (χ4v) is 1.58. The van der Waals surface area contributed by atoms with Crippen molar-refractivity contribution >= 4 is 24.1 Å². The summed E-state index contributed by atoms with van der Waals surface area (Å²) >= 11 is 0. The smallest absolute Gasteiger partial charge is 0.351 e. The summed E-state index contributed by atoms with van der Waals surface area (Å²) in [5, 5.41) is 37.6. The fourth-order valence-electron chi connectivity index (χ4n) is 1.58. The van der Waals surface area contributed by atoms with Crippen LogP contribution in [0.2, 0.25) is 0 Å². The van der Waals surface area contributed by atoms with Gasteiger partial charge in [0.1, 0.15) is 11.7 Å². The van der Waals surface area contributed by atoms with Crippen molar-refractivity contribution in [1.29, 1.82) is 0 Å². The average molecular weight is 298 g/mol. The molecule has 0 aromatic heterocycles. The zero-order valence-electron chi connectivity index (χ0n) is 10.8. The summed E-state index contributed by atoms with van der Waals surface area (Å²) in [5.74, 6) is -3.81. The third-order valence-corrected chi connectivity index (χ3v) is 2.64. The molecular weight excluding hydrogens is 284 g/mol. The quantitative estimate of drug-likeness (QED) is 0.384. The lowest BCUT2D eigenvalue weighted by molar-refractivity contribution is -0.140. The molecule has 9 heteroatoms. The lowest BCUT2D eigenvalue weighted by Gasteiger charge is -2.21. The van der Waals surface area contributed by atoms with E-state index in [-0.39, 0.29) is 12.1 Å². The Bertz CT molecular complexity index is 536. The van der Waals surface area contributed by atoms with E-state index in [4.69, 9.17) is 20.4 Å². The third-order valence-electron chi connectivity index (χ3n) is 2.64. The van der Waals surface area contributed by atoms with Crippen LogP contribution in [0.25, 0.3) is 0 Å². The summed E-state index contributed by atoms with van der Waals surface area (Å²) in [6.45, 7) is -0.676. The van der Waals surface area contributed by atoms with E-state index in [1.54, 1.807) is 0 Å². The zero-order valence-corrected chi connectivity index (χ0v) is 10.8. The Morgan fingerprint density at radius 3 is 2.52 bits per heavy atom. The molecule has 1 aliphatic heterocycles. The first-order valence-electron chi connectivity index (χ1n) is 5.85. The van der Waals surface area contributed by atoms with Gasteiger partial charge in [-0.25, -0.2) is 14.4 Å². The fraction of sp³-hybridized carbons (Fsp3) is 0.333. The van der Waals surface area contributed by atoms with E-state index in [0.29, 0.717) is 5.57 Å². The van der Waals surface area contributed by atoms with Crippen molar-refractivity contribution in [1.82, 2.24) is 5.32 Å². The number of aliphatic carboxylic acids is 3. The van der Waals surface area contributed by atoms with Gasteiger partial charge in [-0.15, -0.1) is 0 Å². The van der Waals surface area contributed by atoms with Crippen molar-refractivity contribution in [3.05, 3.63) is 23.4 Å². The molecule has 0 aliphatic carbocycles. The number of aliphatic imine (C=N–C) groups is 1. The molecule has 1 rings (SSSR count). The van der Waals surface area contributed by atoms with Crippen molar-refractivity contribution in [2.45, 2.75) is 18.5 Å². The van der Waals surface area contributed by atoms with Gasteiger partial charge in [0.15, 0.2) is 6.04 Å². The largest absolute Gasteiger partial charge is 0.480 e. The van der Waals surface area contributed by atoms with Crippen molar-refractivity contribution in [3.63, 3.8) is 0 Å². The summed E-state index contributed by atoms with van der Waals surface area (Å²) < 4.78 is 0. The van der Waals surface area contributed by atoms with E-state index < -0.39 is 36.6 Å². The molecule has 2 atom stereocenters. The first-order valence-corrected chi connectivity index (χ1v) is 5.85. The molecule has 0 saturated carbocycles. The van der Waals surface area contributed by atoms with Gasteiger partial charge in [-0.3, -0.25) is 4.99 Å². The van der Waals surface area contributed by atoms with Crippen LogP contribution < -0.4 is 5.32 Å². The molecule has 1 aliphatic rings. The number of nitrogens with one attached hydrogen (secondary N) is 1. The van der Waals surface area contributed by atoms with Gasteiger partial charge >= 0.3 is 17.9 Å². The SMILES string of the molecule is O=C(O)C1=C/C(=C/C=N[C@@H](CO)C(=O)O)C[C@@H](C(=O)O)N1. The second-order valence-electron chi connectivity index (χ2n) is 4.18. The standard InChI is InChI=1S/C12H14N2O7/c15-5-9(12(20)21)13-2-1-6-3-7(10(16)17)14-8(4-6)11(18)19/h1-3,8-9,14-15H,4-5H2,(H,16,17)(H,18,19)(H,20,21)/b6-1-,13-2?/t8-,9-/m0/s1. The Hall–Kier alpha value is -2.68. The van der Waals surface area contributed by atoms with Gasteiger partial charge in [0.05, 0.1) is 6.61 Å². The molecule has 0 unspecified atom stereocenters. The maximum absolute atomic E-state index is 10.9. The minimum Gasteiger partial charge on any atom is -0.480 e. The van der Waals surface area contributed by atoms with Crippen molar-refractivity contribution < 1.29 is 34.8 Å². The van der Waals surface area contributed by atoms with Crippen LogP contribution in [-0.4, -0.2) is 63.2 Å². The predicted molar refractivity (Wildman–Crippen MR) is 70.0 cm³/mol. The number of aliphatic hydroxyl groups excluding tert-OH is 1. The van der Waals surface area contributed by atoms with Crippen LogP contribution in [0, 0.1) is 0 Å². The van der Waals surface area contributed by atoms with Crippen molar-refractivity contribution in [2.24, 2.45) is 4.99 Å². The third kappa shape index (κ3) is 4.73. The molecule has 21 heavy (non-hydrogen) atoms. The van der Waals surface area contributed by atoms with E-state index in [9.17, 15) is 14.4 Å². The maximum Gasteiger partial charge on any atom is 0.351 e. The lowest BCUT2D eigenvalue weighted by Crippen LogP contribution is -2.41. The highest BCUT2D eigenvalue weighted by molar-refractivity contribution is 5.89. The number of rotatable bonds is 6. The number of carboxylic acid groups (broad SMARTS) is 3. The lowest BCUT2D eigenvalue weighted by atomic mass is 10.00. The van der Waals surface area contributed by atoms with E-state index in [1.165, 1.54) is 12.2 Å². The van der Waals surface area contributed by atoms with E-state index in [2.05, 4.69) is 10.3 Å². The number of nitrogens with zero attached hydrogens (tertiary/aromatic N) is 1. The van der Waals surface area contributed by atoms with Crippen LogP contribution in [0.1, 0.15) is 6.42 Å². The number of hydrogen-bond acceptors (Lipinski definition) is 6. The Kier molecular flexibility index (Phi) is 5.61. The Morgan fingerprint density at radius 1 is 1.38 bits per heavy atom. The zero-order chi connectivity index (χ0) is 16.0. The normalized spacial score (nSPS) is 21.7. The number of carboxylic acids is 3. The molecule has 0 aromatic rings. The number of aliphatic hydroxyl groups is 1. The Balaban J connectivity index is 2.93. The molecule has 0 radical (unpaired) electrons. The average Bonchev–Trinajstić information content (AvgIpc) is 2.42. The number of carbonyl (C=O) groups is 3. The predicted octanol–water partition coefficient (Wildman–Crippen LogP) is -1.16. The van der Waals surface area contributed by atoms with Crippen LogP contribution in [0.15, 0.2) is 28.4 Å². The topological polar surface area (TPSA) is 157 Å². The summed E-state index contributed by atoms with van der Waals surface area (Å²) in [5.41, 5.74) is 0.0922. The van der Waals surface area contributed by atoms with Gasteiger partial charge in [-0.1, -0.05) is 0 Å². The monoisotopic (exact) mass is 298 g/mol. The van der Waals surface area contributed by atoms with Crippen LogP contribution in [0.5, 0.6) is 0 Å². The van der Waals surface area contributed by atoms with Gasteiger partial charge in [0, 0.05) is 12.6 Å². The van der Waals surface area contributed by atoms with Crippen LogP contribution >= 0.6 is 0 Å². The molecule has 0 aromatic carbocycles. The molecule has 1 heterocycles. The number of hydrogen-bond donors (Lipinski definition) is 5. The summed E-state index contributed by atoms with van der Waals surface area (Å²) in [7, 11) is 0. The highest BCUT2D eigenvalue weighted by atomic mass is 16.4.